The smallest absolute Gasteiger partial charge is 0.490 e. The maximum absolute atomic E-state index is 13.0. The summed E-state index contributed by atoms with van der Waals surface area (Å²) in [5.41, 5.74) is 2.13. The minimum absolute atomic E-state index is 0.194. The molecule has 8 nitrogen and oxygen atoms in total. The Bertz CT molecular complexity index is 1100. The molecule has 2 aromatic heterocycles. The number of aromatic nitrogens is 1. The van der Waals surface area contributed by atoms with Crippen LogP contribution >= 0.6 is 0 Å². The van der Waals surface area contributed by atoms with E-state index in [4.69, 9.17) is 19.1 Å². The number of halogens is 3. The van der Waals surface area contributed by atoms with E-state index in [-0.39, 0.29) is 4.90 Å². The molecule has 0 spiro atoms. The molecule has 1 aromatic carbocycles. The molecule has 0 radical (unpaired) electrons. The van der Waals surface area contributed by atoms with Gasteiger partial charge in [0.2, 0.25) is 0 Å². The Morgan fingerprint density at radius 2 is 1.84 bits per heavy atom. The summed E-state index contributed by atoms with van der Waals surface area (Å²) in [6.07, 6.45) is -0.415. The number of methoxy groups -OCH3 is 1. The molecule has 2 heterocycles. The molecule has 3 rings (SSSR count). The highest BCUT2D eigenvalue weighted by Crippen LogP contribution is 2.28. The number of nitrogens with zero attached hydrogens (tertiary/aromatic N) is 1. The van der Waals surface area contributed by atoms with Crippen LogP contribution in [-0.4, -0.2) is 43.8 Å². The number of carboxylic acids is 1. The van der Waals surface area contributed by atoms with E-state index in [0.29, 0.717) is 23.6 Å². The summed E-state index contributed by atoms with van der Waals surface area (Å²) in [7, 11) is -0.376. The monoisotopic (exact) mass is 460 g/mol. The highest BCUT2D eigenvalue weighted by molar-refractivity contribution is 7.90. The van der Waals surface area contributed by atoms with Gasteiger partial charge in [-0.3, -0.25) is 0 Å². The lowest BCUT2D eigenvalue weighted by Crippen LogP contribution is -2.21. The summed E-state index contributed by atoms with van der Waals surface area (Å²) in [6.45, 7) is 0.565. The lowest BCUT2D eigenvalue weighted by atomic mass is 10.2. The van der Waals surface area contributed by atoms with Crippen LogP contribution in [0.1, 0.15) is 5.56 Å². The number of benzene rings is 1. The van der Waals surface area contributed by atoms with E-state index in [0.717, 1.165) is 5.56 Å². The molecule has 0 amide bonds. The van der Waals surface area contributed by atoms with Gasteiger partial charge in [-0.1, -0.05) is 0 Å². The number of aliphatic carboxylic acids is 1. The maximum atomic E-state index is 13.0. The van der Waals surface area contributed by atoms with Crippen LogP contribution in [0, 0.1) is 0 Å². The molecule has 3 aromatic rings. The SMILES string of the molecule is CNCc1cc(-c2ccoc2)n(S(=O)(=O)c2ccc(OC)cc2)c1.O=C(O)C(F)(F)F. The van der Waals surface area contributed by atoms with Gasteiger partial charge in [-0.25, -0.2) is 17.2 Å². The number of ether oxygens (including phenoxy) is 1. The average molecular weight is 460 g/mol. The zero-order valence-electron chi connectivity index (χ0n) is 16.4. The number of hydrogen-bond donors (Lipinski definition) is 2. The van der Waals surface area contributed by atoms with Crippen LogP contribution in [0.5, 0.6) is 5.75 Å². The molecule has 0 aliphatic carbocycles. The molecular weight excluding hydrogens is 441 g/mol. The van der Waals surface area contributed by atoms with Crippen LogP contribution in [0.3, 0.4) is 0 Å². The Balaban J connectivity index is 0.000000423. The Morgan fingerprint density at radius 3 is 2.29 bits per heavy atom. The fourth-order valence-corrected chi connectivity index (χ4v) is 3.88. The summed E-state index contributed by atoms with van der Waals surface area (Å²) in [5.74, 6) is -2.15. The van der Waals surface area contributed by atoms with Crippen molar-refractivity contribution in [3.05, 3.63) is 60.7 Å². The largest absolute Gasteiger partial charge is 0.497 e. The van der Waals surface area contributed by atoms with Crippen LogP contribution in [0.15, 0.2) is 64.4 Å². The van der Waals surface area contributed by atoms with Gasteiger partial charge in [0.1, 0.15) is 5.75 Å². The second-order valence-electron chi connectivity index (χ2n) is 6.06. The van der Waals surface area contributed by atoms with Gasteiger partial charge in [0, 0.05) is 18.3 Å². The molecule has 31 heavy (non-hydrogen) atoms. The minimum atomic E-state index is -5.08. The third-order valence-corrected chi connectivity index (χ3v) is 5.59. The van der Waals surface area contributed by atoms with Gasteiger partial charge in [0.25, 0.3) is 10.0 Å². The molecule has 0 saturated carbocycles. The number of nitrogens with one attached hydrogen (secondary N) is 1. The summed E-state index contributed by atoms with van der Waals surface area (Å²) >= 11 is 0. The van der Waals surface area contributed by atoms with E-state index in [1.807, 2.05) is 13.1 Å². The van der Waals surface area contributed by atoms with Crippen molar-refractivity contribution in [3.8, 4) is 17.0 Å². The Morgan fingerprint density at radius 1 is 1.23 bits per heavy atom. The lowest BCUT2D eigenvalue weighted by molar-refractivity contribution is -0.192. The van der Waals surface area contributed by atoms with Crippen molar-refractivity contribution in [1.82, 2.24) is 9.29 Å². The molecule has 2 N–H and O–H groups in total. The molecule has 0 aliphatic rings. The minimum Gasteiger partial charge on any atom is -0.497 e. The van der Waals surface area contributed by atoms with Crippen LogP contribution in [0.4, 0.5) is 13.2 Å². The standard InChI is InChI=1S/C17H18N2O4S.C2HF3O2/c1-18-10-13-9-17(14-7-8-23-12-14)19(11-13)24(20,21)16-5-3-15(22-2)4-6-16;3-2(4,5)1(6)7/h3-9,11-12,18H,10H2,1-2H3;(H,6,7). The molecule has 0 aliphatic heterocycles. The van der Waals surface area contributed by atoms with E-state index in [2.05, 4.69) is 5.32 Å². The fourth-order valence-electron chi connectivity index (χ4n) is 2.48. The Kier molecular flexibility index (Phi) is 7.52. The quantitative estimate of drug-likeness (QED) is 0.580. The highest BCUT2D eigenvalue weighted by atomic mass is 32.2. The topological polar surface area (TPSA) is 111 Å². The molecule has 12 heteroatoms. The third-order valence-electron chi connectivity index (χ3n) is 3.90. The summed E-state index contributed by atoms with van der Waals surface area (Å²) in [4.78, 5) is 9.09. The molecule has 0 atom stereocenters. The Hall–Kier alpha value is -3.25. The van der Waals surface area contributed by atoms with Gasteiger partial charge in [0.15, 0.2) is 0 Å². The zero-order chi connectivity index (χ0) is 23.2. The predicted octanol–water partition coefficient (Wildman–Crippen LogP) is 3.35. The number of hydrogen-bond acceptors (Lipinski definition) is 6. The first kappa shape index (κ1) is 24.0. The van der Waals surface area contributed by atoms with Crippen molar-refractivity contribution in [3.63, 3.8) is 0 Å². The molecule has 0 bridgehead atoms. The molecular formula is C19H19F3N2O6S. The number of rotatable bonds is 6. The number of carboxylic acid groups (broad SMARTS) is 1. The fraction of sp³-hybridized carbons (Fsp3) is 0.211. The van der Waals surface area contributed by atoms with Crippen LogP contribution in [0.2, 0.25) is 0 Å². The van der Waals surface area contributed by atoms with Crippen LogP contribution in [-0.2, 0) is 21.4 Å². The van der Waals surface area contributed by atoms with Crippen molar-refractivity contribution < 1.29 is 40.6 Å². The zero-order valence-corrected chi connectivity index (χ0v) is 17.2. The first-order valence-electron chi connectivity index (χ1n) is 8.59. The second kappa shape index (κ2) is 9.71. The summed E-state index contributed by atoms with van der Waals surface area (Å²) < 4.78 is 69.3. The third kappa shape index (κ3) is 5.89. The van der Waals surface area contributed by atoms with Crippen molar-refractivity contribution >= 4 is 16.0 Å². The normalized spacial score (nSPS) is 11.5. The van der Waals surface area contributed by atoms with Crippen LogP contribution in [0.25, 0.3) is 11.3 Å². The van der Waals surface area contributed by atoms with E-state index in [1.54, 1.807) is 24.4 Å². The van der Waals surface area contributed by atoms with E-state index in [1.165, 1.54) is 35.7 Å². The van der Waals surface area contributed by atoms with Gasteiger partial charge in [-0.05, 0) is 49.0 Å². The van der Waals surface area contributed by atoms with E-state index >= 15 is 0 Å². The first-order valence-corrected chi connectivity index (χ1v) is 10.0. The molecule has 0 fully saturated rings. The van der Waals surface area contributed by atoms with Gasteiger partial charge in [-0.2, -0.15) is 13.2 Å². The van der Waals surface area contributed by atoms with Crippen molar-refractivity contribution in [2.24, 2.45) is 0 Å². The summed E-state index contributed by atoms with van der Waals surface area (Å²) in [5, 5.41) is 10.2. The number of alkyl halides is 3. The second-order valence-corrected chi connectivity index (χ2v) is 7.87. The highest BCUT2D eigenvalue weighted by Gasteiger charge is 2.38. The van der Waals surface area contributed by atoms with Crippen molar-refractivity contribution in [1.29, 1.82) is 0 Å². The molecule has 0 saturated heterocycles. The van der Waals surface area contributed by atoms with Gasteiger partial charge < -0.3 is 19.6 Å². The van der Waals surface area contributed by atoms with Crippen LogP contribution < -0.4 is 10.1 Å². The predicted molar refractivity (Wildman–Crippen MR) is 104 cm³/mol. The van der Waals surface area contributed by atoms with Crippen molar-refractivity contribution in [2.75, 3.05) is 14.2 Å². The average Bonchev–Trinajstić information content (AvgIpc) is 3.38. The van der Waals surface area contributed by atoms with Gasteiger partial charge >= 0.3 is 12.1 Å². The van der Waals surface area contributed by atoms with Gasteiger partial charge in [-0.15, -0.1) is 0 Å². The van der Waals surface area contributed by atoms with E-state index in [9.17, 15) is 21.6 Å². The Labute approximate surface area is 175 Å². The first-order chi connectivity index (χ1) is 14.5. The van der Waals surface area contributed by atoms with Gasteiger partial charge in [0.05, 0.1) is 30.2 Å². The summed E-state index contributed by atoms with van der Waals surface area (Å²) in [6, 6.07) is 9.89. The number of carbonyl (C=O) groups is 1. The van der Waals surface area contributed by atoms with E-state index < -0.39 is 22.2 Å². The number of furan rings is 1. The molecule has 168 valence electrons. The molecule has 0 unspecified atom stereocenters. The maximum Gasteiger partial charge on any atom is 0.490 e. The lowest BCUT2D eigenvalue weighted by Gasteiger charge is -2.10. The van der Waals surface area contributed by atoms with Crippen molar-refractivity contribution in [2.45, 2.75) is 17.6 Å².